The summed E-state index contributed by atoms with van der Waals surface area (Å²) in [5, 5.41) is 0. The largest absolute Gasteiger partial charge is 0.374 e. The summed E-state index contributed by atoms with van der Waals surface area (Å²) in [6, 6.07) is 6.49. The van der Waals surface area contributed by atoms with Crippen LogP contribution >= 0.6 is 0 Å². The highest BCUT2D eigenvalue weighted by molar-refractivity contribution is 5.85. The molecule has 0 saturated carbocycles. The zero-order valence-electron chi connectivity index (χ0n) is 13.9. The molecule has 0 fully saturated rings. The maximum Gasteiger partial charge on any atom is 0.143 e. The van der Waals surface area contributed by atoms with Crippen LogP contribution in [0.4, 0.5) is 5.69 Å². The molecule has 0 bridgehead atoms. The number of carbonyl (C=O) groups is 1. The van der Waals surface area contributed by atoms with Crippen LogP contribution in [0.25, 0.3) is 5.57 Å². The molecule has 1 aromatic rings. The Balaban J connectivity index is 0.00000172. The first-order valence-corrected chi connectivity index (χ1v) is 7.60. The number of anilines is 1. The molecule has 0 spiro atoms. The monoisotopic (exact) mass is 275 g/mol. The number of allylic oxidation sites excluding steroid dienone is 2. The maximum absolute atomic E-state index is 10.6. The molecule has 0 unspecified atom stereocenters. The topological polar surface area (TPSA) is 20.3 Å². The second kappa shape index (κ2) is 10.2. The summed E-state index contributed by atoms with van der Waals surface area (Å²) >= 11 is 0. The molecule has 1 rings (SSSR count). The van der Waals surface area contributed by atoms with Gasteiger partial charge in [0.1, 0.15) is 6.29 Å². The molecule has 2 nitrogen and oxygen atoms in total. The molecule has 0 N–H and O–H groups in total. The second-order valence-electron chi connectivity index (χ2n) is 4.61. The number of benzene rings is 1. The molecule has 112 valence electrons. The van der Waals surface area contributed by atoms with Gasteiger partial charge in [-0.1, -0.05) is 39.8 Å². The van der Waals surface area contributed by atoms with Crippen LogP contribution in [0.3, 0.4) is 0 Å². The lowest BCUT2D eigenvalue weighted by Crippen LogP contribution is -2.19. The van der Waals surface area contributed by atoms with E-state index >= 15 is 0 Å². The van der Waals surface area contributed by atoms with E-state index in [9.17, 15) is 4.79 Å². The molecule has 0 heterocycles. The van der Waals surface area contributed by atoms with Gasteiger partial charge in [-0.2, -0.15) is 0 Å². The van der Waals surface area contributed by atoms with Gasteiger partial charge in [-0.05, 0) is 43.0 Å². The van der Waals surface area contributed by atoms with E-state index in [2.05, 4.69) is 44.0 Å². The van der Waals surface area contributed by atoms with Crippen LogP contribution in [0.1, 0.15) is 52.2 Å². The third-order valence-electron chi connectivity index (χ3n) is 3.18. The molecule has 2 heteroatoms. The molecule has 0 radical (unpaired) electrons. The Morgan fingerprint density at radius 1 is 1.25 bits per heavy atom. The highest BCUT2D eigenvalue weighted by atomic mass is 16.1. The number of aryl methyl sites for hydroxylation is 1. The molecule has 1 aromatic carbocycles. The third kappa shape index (κ3) is 5.20. The van der Waals surface area contributed by atoms with E-state index in [1.165, 1.54) is 11.3 Å². The smallest absolute Gasteiger partial charge is 0.143 e. The van der Waals surface area contributed by atoms with Crippen LogP contribution in [0.15, 0.2) is 24.3 Å². The average Bonchev–Trinajstić information content (AvgIpc) is 2.49. The van der Waals surface area contributed by atoms with Crippen molar-refractivity contribution in [2.45, 2.75) is 47.5 Å². The normalized spacial score (nSPS) is 10.6. The zero-order valence-corrected chi connectivity index (χ0v) is 13.9. The summed E-state index contributed by atoms with van der Waals surface area (Å²) in [5.74, 6) is 0. The van der Waals surface area contributed by atoms with E-state index in [-0.39, 0.29) is 0 Å². The van der Waals surface area contributed by atoms with Crippen LogP contribution in [0.5, 0.6) is 0 Å². The van der Waals surface area contributed by atoms with Crippen LogP contribution in [-0.2, 0) is 11.2 Å². The minimum Gasteiger partial charge on any atom is -0.374 e. The molecular weight excluding hydrogens is 246 g/mol. The van der Waals surface area contributed by atoms with Crippen molar-refractivity contribution in [3.05, 3.63) is 35.4 Å². The number of nitrogens with zero attached hydrogens (tertiary/aromatic N) is 1. The number of aldehydes is 1. The lowest BCUT2D eigenvalue weighted by Gasteiger charge is -2.23. The van der Waals surface area contributed by atoms with Crippen molar-refractivity contribution >= 4 is 17.5 Å². The SMILES string of the molecule is CC.CCCN(C)c1cc(CC)ccc1/C(C)=C\C=O. The quantitative estimate of drug-likeness (QED) is 0.553. The van der Waals surface area contributed by atoms with Crippen molar-refractivity contribution in [1.82, 2.24) is 0 Å². The fourth-order valence-electron chi connectivity index (χ4n) is 2.09. The van der Waals surface area contributed by atoms with Crippen molar-refractivity contribution in [2.75, 3.05) is 18.5 Å². The minimum absolute atomic E-state index is 0.854. The minimum atomic E-state index is 0.854. The molecule has 0 aliphatic heterocycles. The van der Waals surface area contributed by atoms with Gasteiger partial charge in [0.25, 0.3) is 0 Å². The van der Waals surface area contributed by atoms with Crippen LogP contribution in [-0.4, -0.2) is 19.9 Å². The molecule has 0 aliphatic carbocycles. The molecule has 0 aliphatic rings. The van der Waals surface area contributed by atoms with E-state index in [1.807, 2.05) is 20.8 Å². The van der Waals surface area contributed by atoms with Crippen LogP contribution in [0, 0.1) is 0 Å². The Labute approximate surface area is 124 Å². The van der Waals surface area contributed by atoms with Gasteiger partial charge in [-0.3, -0.25) is 4.79 Å². The summed E-state index contributed by atoms with van der Waals surface area (Å²) in [5.41, 5.74) is 4.71. The van der Waals surface area contributed by atoms with Gasteiger partial charge in [0.15, 0.2) is 0 Å². The van der Waals surface area contributed by atoms with Crippen LogP contribution in [0.2, 0.25) is 0 Å². The zero-order chi connectivity index (χ0) is 15.5. The van der Waals surface area contributed by atoms with Gasteiger partial charge in [-0.25, -0.2) is 0 Å². The fourth-order valence-corrected chi connectivity index (χ4v) is 2.09. The van der Waals surface area contributed by atoms with E-state index in [0.717, 1.165) is 36.8 Å². The highest BCUT2D eigenvalue weighted by Gasteiger charge is 2.09. The van der Waals surface area contributed by atoms with Crippen molar-refractivity contribution in [3.63, 3.8) is 0 Å². The maximum atomic E-state index is 10.6. The van der Waals surface area contributed by atoms with E-state index < -0.39 is 0 Å². The number of carbonyl (C=O) groups excluding carboxylic acids is 1. The molecule has 0 atom stereocenters. The Kier molecular flexibility index (Phi) is 9.44. The van der Waals surface area contributed by atoms with Gasteiger partial charge in [0.05, 0.1) is 0 Å². The number of hydrogen-bond donors (Lipinski definition) is 0. The van der Waals surface area contributed by atoms with E-state index in [0.29, 0.717) is 0 Å². The lowest BCUT2D eigenvalue weighted by atomic mass is 10.0. The van der Waals surface area contributed by atoms with Gasteiger partial charge < -0.3 is 4.90 Å². The molecule has 0 amide bonds. The number of rotatable bonds is 6. The Morgan fingerprint density at radius 3 is 2.40 bits per heavy atom. The predicted octanol–water partition coefficient (Wildman–Crippen LogP) is 4.72. The van der Waals surface area contributed by atoms with E-state index in [1.54, 1.807) is 6.08 Å². The van der Waals surface area contributed by atoms with Crippen molar-refractivity contribution in [3.8, 4) is 0 Å². The van der Waals surface area contributed by atoms with Gasteiger partial charge >= 0.3 is 0 Å². The van der Waals surface area contributed by atoms with E-state index in [4.69, 9.17) is 0 Å². The van der Waals surface area contributed by atoms with Crippen molar-refractivity contribution < 1.29 is 4.79 Å². The van der Waals surface area contributed by atoms with Crippen LogP contribution < -0.4 is 4.90 Å². The average molecular weight is 275 g/mol. The molecule has 0 aromatic heterocycles. The summed E-state index contributed by atoms with van der Waals surface area (Å²) in [6.45, 7) is 11.3. The Morgan fingerprint density at radius 2 is 1.90 bits per heavy atom. The van der Waals surface area contributed by atoms with Crippen molar-refractivity contribution in [1.29, 1.82) is 0 Å². The summed E-state index contributed by atoms with van der Waals surface area (Å²) in [7, 11) is 2.11. The molecular formula is C18H29NO. The summed E-state index contributed by atoms with van der Waals surface area (Å²) < 4.78 is 0. The first kappa shape index (κ1) is 18.4. The van der Waals surface area contributed by atoms with Gasteiger partial charge in [0, 0.05) is 24.8 Å². The molecule has 0 saturated heterocycles. The summed E-state index contributed by atoms with van der Waals surface area (Å²) in [4.78, 5) is 12.9. The first-order valence-electron chi connectivity index (χ1n) is 7.60. The standard InChI is InChI=1S/C16H23NO.C2H6/c1-5-10-17(4)16-12-14(6-2)7-8-15(16)13(3)9-11-18;1-2/h7-9,11-12H,5-6,10H2,1-4H3;1-2H3/b13-9-;. The third-order valence-corrected chi connectivity index (χ3v) is 3.18. The predicted molar refractivity (Wildman–Crippen MR) is 90.4 cm³/mol. The number of hydrogen-bond acceptors (Lipinski definition) is 2. The van der Waals surface area contributed by atoms with Gasteiger partial charge in [-0.15, -0.1) is 0 Å². The first-order chi connectivity index (χ1) is 9.63. The Bertz CT molecular complexity index is 435. The summed E-state index contributed by atoms with van der Waals surface area (Å²) in [6.07, 6.45) is 4.63. The van der Waals surface area contributed by atoms with Crippen molar-refractivity contribution in [2.24, 2.45) is 0 Å². The highest BCUT2D eigenvalue weighted by Crippen LogP contribution is 2.28. The molecule has 20 heavy (non-hydrogen) atoms. The fraction of sp³-hybridized carbons (Fsp3) is 0.500. The lowest BCUT2D eigenvalue weighted by molar-refractivity contribution is -0.104. The Hall–Kier alpha value is -1.57. The van der Waals surface area contributed by atoms with Gasteiger partial charge in [0.2, 0.25) is 0 Å². The second-order valence-corrected chi connectivity index (χ2v) is 4.61.